The maximum atomic E-state index is 11.8. The fourth-order valence-electron chi connectivity index (χ4n) is 3.19. The normalized spacial score (nSPS) is 23.3. The monoisotopic (exact) mass is 270 g/mol. The number of aliphatic hydroxyl groups excluding tert-OH is 1. The van der Waals surface area contributed by atoms with Crippen LogP contribution in [0.15, 0.2) is 0 Å². The van der Waals surface area contributed by atoms with E-state index in [-0.39, 0.29) is 12.6 Å². The highest BCUT2D eigenvalue weighted by molar-refractivity contribution is 5.76. The van der Waals surface area contributed by atoms with Gasteiger partial charge in [-0.25, -0.2) is 9.59 Å². The van der Waals surface area contributed by atoms with Crippen LogP contribution in [0.3, 0.4) is 0 Å². The molecule has 0 aromatic carbocycles. The first kappa shape index (κ1) is 14.1. The summed E-state index contributed by atoms with van der Waals surface area (Å²) in [6, 6.07) is -0.270. The molecule has 1 atom stereocenters. The zero-order chi connectivity index (χ0) is 13.9. The van der Waals surface area contributed by atoms with Crippen molar-refractivity contribution in [2.24, 2.45) is 5.41 Å². The zero-order valence-corrected chi connectivity index (χ0v) is 11.1. The summed E-state index contributed by atoms with van der Waals surface area (Å²) in [5, 5.41) is 20.1. The molecule has 1 saturated heterocycles. The van der Waals surface area contributed by atoms with E-state index >= 15 is 0 Å². The number of aliphatic carboxylic acids is 1. The molecule has 1 heterocycles. The number of amides is 2. The Kier molecular flexibility index (Phi) is 4.29. The van der Waals surface area contributed by atoms with E-state index in [4.69, 9.17) is 10.2 Å². The van der Waals surface area contributed by atoms with Crippen molar-refractivity contribution in [3.8, 4) is 0 Å². The van der Waals surface area contributed by atoms with Gasteiger partial charge in [0.25, 0.3) is 0 Å². The number of carboxylic acids is 1. The molecule has 0 unspecified atom stereocenters. The summed E-state index contributed by atoms with van der Waals surface area (Å²) in [6.07, 6.45) is 5.72. The number of hydrogen-bond donors (Lipinski definition) is 3. The second-order valence-electron chi connectivity index (χ2n) is 5.73. The molecule has 0 bridgehead atoms. The van der Waals surface area contributed by atoms with Gasteiger partial charge in [-0.15, -0.1) is 0 Å². The van der Waals surface area contributed by atoms with Crippen LogP contribution in [-0.2, 0) is 4.79 Å². The number of rotatable bonds is 3. The van der Waals surface area contributed by atoms with E-state index in [9.17, 15) is 9.59 Å². The van der Waals surface area contributed by atoms with Gasteiger partial charge < -0.3 is 20.4 Å². The SMILES string of the molecule is O=C(O)[C@@H](O)CNC(=O)N1CCC2(CCCC2)CC1. The standard InChI is InChI=1S/C13H22N2O4/c16-10(11(17)18)9-14-12(19)15-7-5-13(6-8-15)3-1-2-4-13/h10,16H,1-9H2,(H,14,19)(H,17,18)/t10-/m0/s1. The van der Waals surface area contributed by atoms with Gasteiger partial charge in [-0.3, -0.25) is 0 Å². The summed E-state index contributed by atoms with van der Waals surface area (Å²) in [5.74, 6) is -1.32. The van der Waals surface area contributed by atoms with Crippen molar-refractivity contribution in [2.45, 2.75) is 44.6 Å². The first-order valence-corrected chi connectivity index (χ1v) is 6.96. The highest BCUT2D eigenvalue weighted by Crippen LogP contribution is 2.45. The maximum absolute atomic E-state index is 11.8. The molecule has 0 radical (unpaired) electrons. The quantitative estimate of drug-likeness (QED) is 0.707. The number of carbonyl (C=O) groups excluding carboxylic acids is 1. The van der Waals surface area contributed by atoms with Gasteiger partial charge in [0.1, 0.15) is 0 Å². The number of nitrogens with zero attached hydrogens (tertiary/aromatic N) is 1. The lowest BCUT2D eigenvalue weighted by atomic mass is 9.77. The van der Waals surface area contributed by atoms with Gasteiger partial charge >= 0.3 is 12.0 Å². The Morgan fingerprint density at radius 3 is 2.26 bits per heavy atom. The molecule has 6 heteroatoms. The first-order valence-electron chi connectivity index (χ1n) is 6.96. The van der Waals surface area contributed by atoms with E-state index < -0.39 is 12.1 Å². The molecule has 2 aliphatic rings. The second kappa shape index (κ2) is 5.77. The molecule has 0 aromatic heterocycles. The second-order valence-corrected chi connectivity index (χ2v) is 5.73. The van der Waals surface area contributed by atoms with E-state index in [1.54, 1.807) is 4.90 Å². The third kappa shape index (κ3) is 3.37. The first-order chi connectivity index (χ1) is 9.02. The number of hydrogen-bond acceptors (Lipinski definition) is 3. The number of likely N-dealkylation sites (tertiary alicyclic amines) is 1. The van der Waals surface area contributed by atoms with Crippen LogP contribution < -0.4 is 5.32 Å². The van der Waals surface area contributed by atoms with E-state index in [0.717, 1.165) is 25.9 Å². The van der Waals surface area contributed by atoms with Crippen molar-refractivity contribution in [2.75, 3.05) is 19.6 Å². The van der Waals surface area contributed by atoms with Crippen molar-refractivity contribution in [3.63, 3.8) is 0 Å². The van der Waals surface area contributed by atoms with Crippen LogP contribution in [0.5, 0.6) is 0 Å². The predicted molar refractivity (Wildman–Crippen MR) is 68.7 cm³/mol. The molecule has 19 heavy (non-hydrogen) atoms. The van der Waals surface area contributed by atoms with E-state index in [0.29, 0.717) is 5.41 Å². The number of aliphatic hydroxyl groups is 1. The van der Waals surface area contributed by atoms with Gasteiger partial charge in [0, 0.05) is 13.1 Å². The molecular weight excluding hydrogens is 248 g/mol. The highest BCUT2D eigenvalue weighted by Gasteiger charge is 2.37. The summed E-state index contributed by atoms with van der Waals surface area (Å²) >= 11 is 0. The summed E-state index contributed by atoms with van der Waals surface area (Å²) in [6.45, 7) is 1.22. The topological polar surface area (TPSA) is 89.9 Å². The lowest BCUT2D eigenvalue weighted by molar-refractivity contribution is -0.146. The Morgan fingerprint density at radius 1 is 1.16 bits per heavy atom. The molecule has 1 saturated carbocycles. The number of urea groups is 1. The van der Waals surface area contributed by atoms with Gasteiger partial charge in [-0.05, 0) is 31.1 Å². The Balaban J connectivity index is 1.74. The Morgan fingerprint density at radius 2 is 1.74 bits per heavy atom. The fourth-order valence-corrected chi connectivity index (χ4v) is 3.19. The molecule has 1 aliphatic heterocycles. The van der Waals surface area contributed by atoms with Gasteiger partial charge in [-0.1, -0.05) is 12.8 Å². The lowest BCUT2D eigenvalue weighted by Crippen LogP contribution is -2.49. The zero-order valence-electron chi connectivity index (χ0n) is 11.1. The Labute approximate surface area is 112 Å². The molecule has 6 nitrogen and oxygen atoms in total. The number of carbonyl (C=O) groups is 2. The number of nitrogens with one attached hydrogen (secondary N) is 1. The van der Waals surface area contributed by atoms with Crippen LogP contribution in [0.4, 0.5) is 4.79 Å². The molecule has 2 fully saturated rings. The Hall–Kier alpha value is -1.30. The third-order valence-corrected chi connectivity index (χ3v) is 4.51. The minimum Gasteiger partial charge on any atom is -0.479 e. The molecule has 0 aromatic rings. The van der Waals surface area contributed by atoms with Gasteiger partial charge in [0.2, 0.25) is 0 Å². The van der Waals surface area contributed by atoms with Gasteiger partial charge in [-0.2, -0.15) is 0 Å². The van der Waals surface area contributed by atoms with Crippen LogP contribution >= 0.6 is 0 Å². The van der Waals surface area contributed by atoms with Crippen molar-refractivity contribution in [1.29, 1.82) is 0 Å². The van der Waals surface area contributed by atoms with Crippen LogP contribution in [0.25, 0.3) is 0 Å². The molecule has 1 aliphatic carbocycles. The highest BCUT2D eigenvalue weighted by atomic mass is 16.4. The predicted octanol–water partition coefficient (Wildman–Crippen LogP) is 0.798. The average molecular weight is 270 g/mol. The maximum Gasteiger partial charge on any atom is 0.334 e. The van der Waals surface area contributed by atoms with Crippen molar-refractivity contribution >= 4 is 12.0 Å². The number of piperidine rings is 1. The number of carboxylic acid groups (broad SMARTS) is 1. The van der Waals surface area contributed by atoms with Crippen molar-refractivity contribution < 1.29 is 19.8 Å². The van der Waals surface area contributed by atoms with Crippen LogP contribution in [-0.4, -0.2) is 52.9 Å². The Bertz CT molecular complexity index is 343. The van der Waals surface area contributed by atoms with E-state index in [2.05, 4.69) is 5.32 Å². The minimum absolute atomic E-state index is 0.240. The molecule has 2 amide bonds. The summed E-state index contributed by atoms with van der Waals surface area (Å²) < 4.78 is 0. The van der Waals surface area contributed by atoms with E-state index in [1.807, 2.05) is 0 Å². The molecule has 3 N–H and O–H groups in total. The van der Waals surface area contributed by atoms with Gasteiger partial charge in [0.15, 0.2) is 6.10 Å². The lowest BCUT2D eigenvalue weighted by Gasteiger charge is -2.39. The summed E-state index contributed by atoms with van der Waals surface area (Å²) in [4.78, 5) is 24.0. The van der Waals surface area contributed by atoms with E-state index in [1.165, 1.54) is 25.7 Å². The molecule has 108 valence electrons. The minimum atomic E-state index is -1.53. The molecule has 2 rings (SSSR count). The molecule has 1 spiro atoms. The van der Waals surface area contributed by atoms with Gasteiger partial charge in [0.05, 0.1) is 6.54 Å². The van der Waals surface area contributed by atoms with Crippen molar-refractivity contribution in [1.82, 2.24) is 10.2 Å². The summed E-state index contributed by atoms with van der Waals surface area (Å²) in [7, 11) is 0. The third-order valence-electron chi connectivity index (χ3n) is 4.51. The smallest absolute Gasteiger partial charge is 0.334 e. The van der Waals surface area contributed by atoms with Crippen LogP contribution in [0.1, 0.15) is 38.5 Å². The van der Waals surface area contributed by atoms with Crippen LogP contribution in [0.2, 0.25) is 0 Å². The largest absolute Gasteiger partial charge is 0.479 e. The average Bonchev–Trinajstić information content (AvgIpc) is 2.84. The fraction of sp³-hybridized carbons (Fsp3) is 0.846. The summed E-state index contributed by atoms with van der Waals surface area (Å²) in [5.41, 5.74) is 0.456. The molecular formula is C13H22N2O4. The van der Waals surface area contributed by atoms with Crippen molar-refractivity contribution in [3.05, 3.63) is 0 Å². The van der Waals surface area contributed by atoms with Crippen LogP contribution in [0, 0.1) is 5.41 Å².